The monoisotopic (exact) mass is 362 g/mol. The van der Waals surface area contributed by atoms with E-state index in [1.165, 1.54) is 6.08 Å². The zero-order valence-electron chi connectivity index (χ0n) is 15.5. The first-order valence-corrected chi connectivity index (χ1v) is 8.41. The van der Waals surface area contributed by atoms with E-state index in [0.717, 1.165) is 5.56 Å². The van der Waals surface area contributed by atoms with Crippen molar-refractivity contribution >= 4 is 17.8 Å². The van der Waals surface area contributed by atoms with Gasteiger partial charge < -0.3 is 14.6 Å². The van der Waals surface area contributed by atoms with Gasteiger partial charge >= 0.3 is 0 Å². The lowest BCUT2D eigenvalue weighted by molar-refractivity contribution is -0.307. The number of hydrogen-bond donors (Lipinski definition) is 0. The highest BCUT2D eigenvalue weighted by molar-refractivity contribution is 6.14. The molecular formula is C22H20NO4-. The Bertz CT molecular complexity index is 913. The van der Waals surface area contributed by atoms with Gasteiger partial charge in [-0.15, -0.1) is 0 Å². The number of Topliss-reactive ketones (excluding diaryl/α,β-unsaturated/α-hetero) is 1. The Morgan fingerprint density at radius 3 is 2.30 bits per heavy atom. The molecule has 0 saturated heterocycles. The van der Waals surface area contributed by atoms with Gasteiger partial charge in [-0.1, -0.05) is 63.2 Å². The van der Waals surface area contributed by atoms with Crippen LogP contribution in [0.4, 0.5) is 0 Å². The molecule has 0 amide bonds. The number of hydrogen-bond acceptors (Lipinski definition) is 5. The van der Waals surface area contributed by atoms with Crippen LogP contribution in [-0.2, 0) is 10.2 Å². The van der Waals surface area contributed by atoms with Crippen molar-refractivity contribution in [3.63, 3.8) is 0 Å². The molecule has 5 heteroatoms. The Morgan fingerprint density at radius 1 is 1.11 bits per heavy atom. The Balaban J connectivity index is 2.32. The number of carboxylic acids is 1. The van der Waals surface area contributed by atoms with E-state index in [9.17, 15) is 20.0 Å². The maximum atomic E-state index is 12.7. The summed E-state index contributed by atoms with van der Waals surface area (Å²) in [6, 6.07) is 15.6. The lowest BCUT2D eigenvalue weighted by atomic mass is 9.86. The van der Waals surface area contributed by atoms with Crippen LogP contribution in [-0.4, -0.2) is 18.4 Å². The van der Waals surface area contributed by atoms with Gasteiger partial charge in [-0.25, -0.2) is 0 Å². The third kappa shape index (κ3) is 5.29. The van der Waals surface area contributed by atoms with E-state index in [4.69, 9.17) is 4.74 Å². The van der Waals surface area contributed by atoms with Gasteiger partial charge in [0.2, 0.25) is 5.78 Å². The summed E-state index contributed by atoms with van der Waals surface area (Å²) in [5.41, 5.74) is 1.83. The minimum atomic E-state index is -1.36. The number of carbonyl (C=O) groups excluding carboxylic acids is 2. The first-order valence-electron chi connectivity index (χ1n) is 8.41. The number of ether oxygens (including phenoxy) is 1. The van der Waals surface area contributed by atoms with Crippen molar-refractivity contribution in [2.24, 2.45) is 0 Å². The van der Waals surface area contributed by atoms with Crippen molar-refractivity contribution < 1.29 is 19.4 Å². The summed E-state index contributed by atoms with van der Waals surface area (Å²) >= 11 is 0. The van der Waals surface area contributed by atoms with Gasteiger partial charge in [0.05, 0.1) is 5.97 Å². The van der Waals surface area contributed by atoms with Crippen LogP contribution in [0.2, 0.25) is 0 Å². The molecule has 2 rings (SSSR count). The first-order chi connectivity index (χ1) is 12.7. The summed E-state index contributed by atoms with van der Waals surface area (Å²) in [7, 11) is 0. The fraction of sp³-hybridized carbons (Fsp3) is 0.227. The highest BCUT2D eigenvalue weighted by Gasteiger charge is 2.17. The number of rotatable bonds is 6. The quantitative estimate of drug-likeness (QED) is 0.448. The van der Waals surface area contributed by atoms with Crippen LogP contribution in [0, 0.1) is 11.3 Å². The van der Waals surface area contributed by atoms with E-state index in [1.54, 1.807) is 36.4 Å². The summed E-state index contributed by atoms with van der Waals surface area (Å²) < 4.78 is 5.16. The highest BCUT2D eigenvalue weighted by atomic mass is 16.5. The topological polar surface area (TPSA) is 90.2 Å². The zero-order chi connectivity index (χ0) is 20.0. The first kappa shape index (κ1) is 19.9. The molecule has 5 nitrogen and oxygen atoms in total. The Morgan fingerprint density at radius 2 is 1.74 bits per heavy atom. The van der Waals surface area contributed by atoms with E-state index in [-0.39, 0.29) is 16.7 Å². The molecule has 0 bridgehead atoms. The number of allylic oxidation sites excluding steroid dienone is 1. The SMILES string of the molecule is CC(C)(C)c1ccc(C(=O)/C(C#N)=C/c2ccccc2OCC(=O)[O-])cc1. The maximum Gasteiger partial charge on any atom is 0.203 e. The van der Waals surface area contributed by atoms with Gasteiger partial charge in [0.25, 0.3) is 0 Å². The lowest BCUT2D eigenvalue weighted by Crippen LogP contribution is -2.29. The molecule has 0 N–H and O–H groups in total. The molecule has 0 saturated carbocycles. The molecule has 0 atom stereocenters. The van der Waals surface area contributed by atoms with Crippen LogP contribution in [0.1, 0.15) is 42.3 Å². The second kappa shape index (κ2) is 8.33. The summed E-state index contributed by atoms with van der Waals surface area (Å²) in [6.07, 6.45) is 1.39. The van der Waals surface area contributed by atoms with Crippen molar-refractivity contribution in [1.29, 1.82) is 5.26 Å². The van der Waals surface area contributed by atoms with Crippen LogP contribution < -0.4 is 9.84 Å². The summed E-state index contributed by atoms with van der Waals surface area (Å²) in [5.74, 6) is -1.51. The summed E-state index contributed by atoms with van der Waals surface area (Å²) in [5, 5.41) is 20.0. The number of ketones is 1. The minimum Gasteiger partial charge on any atom is -0.546 e. The Kier molecular flexibility index (Phi) is 6.15. The van der Waals surface area contributed by atoms with Crippen molar-refractivity contribution in [3.8, 4) is 11.8 Å². The molecule has 27 heavy (non-hydrogen) atoms. The van der Waals surface area contributed by atoms with Gasteiger partial charge in [0, 0.05) is 11.1 Å². The molecular weight excluding hydrogens is 342 g/mol. The third-order valence-corrected chi connectivity index (χ3v) is 3.94. The van der Waals surface area contributed by atoms with Crippen molar-refractivity contribution in [3.05, 3.63) is 70.8 Å². The van der Waals surface area contributed by atoms with E-state index in [2.05, 4.69) is 20.8 Å². The smallest absolute Gasteiger partial charge is 0.203 e. The molecule has 0 aliphatic heterocycles. The van der Waals surface area contributed by atoms with Crippen LogP contribution in [0.25, 0.3) is 6.08 Å². The molecule has 0 spiro atoms. The lowest BCUT2D eigenvalue weighted by Gasteiger charge is -2.18. The highest BCUT2D eigenvalue weighted by Crippen LogP contribution is 2.24. The van der Waals surface area contributed by atoms with Crippen LogP contribution in [0.3, 0.4) is 0 Å². The average molecular weight is 362 g/mol. The fourth-order valence-corrected chi connectivity index (χ4v) is 2.45. The largest absolute Gasteiger partial charge is 0.546 e. The molecule has 2 aromatic rings. The molecule has 0 radical (unpaired) electrons. The number of carbonyl (C=O) groups is 2. The van der Waals surface area contributed by atoms with E-state index < -0.39 is 18.4 Å². The number of nitrogens with zero attached hydrogens (tertiary/aromatic N) is 1. The molecule has 2 aromatic carbocycles. The molecule has 0 aliphatic carbocycles. The predicted molar refractivity (Wildman–Crippen MR) is 100 cm³/mol. The molecule has 138 valence electrons. The number of para-hydroxylation sites is 1. The van der Waals surface area contributed by atoms with Gasteiger partial charge in [-0.3, -0.25) is 4.79 Å². The Hall–Kier alpha value is -3.39. The van der Waals surface area contributed by atoms with Crippen LogP contribution in [0.5, 0.6) is 5.75 Å². The van der Waals surface area contributed by atoms with Gasteiger partial charge in [-0.2, -0.15) is 5.26 Å². The van der Waals surface area contributed by atoms with E-state index in [1.807, 2.05) is 18.2 Å². The second-order valence-electron chi connectivity index (χ2n) is 7.02. The fourth-order valence-electron chi connectivity index (χ4n) is 2.45. The number of carboxylic acid groups (broad SMARTS) is 1. The van der Waals surface area contributed by atoms with Crippen molar-refractivity contribution in [2.45, 2.75) is 26.2 Å². The molecule has 0 aromatic heterocycles. The van der Waals surface area contributed by atoms with Crippen LogP contribution in [0.15, 0.2) is 54.1 Å². The molecule has 0 fully saturated rings. The Labute approximate surface area is 158 Å². The van der Waals surface area contributed by atoms with Gasteiger partial charge in [-0.05, 0) is 23.1 Å². The molecule has 0 aliphatic rings. The summed E-state index contributed by atoms with van der Waals surface area (Å²) in [4.78, 5) is 23.3. The van der Waals surface area contributed by atoms with Gasteiger partial charge in [0.15, 0.2) is 0 Å². The van der Waals surface area contributed by atoms with Crippen LogP contribution >= 0.6 is 0 Å². The minimum absolute atomic E-state index is 0.0370. The normalized spacial score (nSPS) is 11.6. The number of benzene rings is 2. The maximum absolute atomic E-state index is 12.7. The summed E-state index contributed by atoms with van der Waals surface area (Å²) in [6.45, 7) is 5.62. The zero-order valence-corrected chi connectivity index (χ0v) is 15.5. The van der Waals surface area contributed by atoms with E-state index in [0.29, 0.717) is 11.1 Å². The standard InChI is InChI=1S/C22H21NO4/c1-22(2,3)18-10-8-15(9-11-18)21(26)17(13-23)12-16-6-4-5-7-19(16)27-14-20(24)25/h4-12H,14H2,1-3H3,(H,24,25)/p-1/b17-12+. The average Bonchev–Trinajstić information content (AvgIpc) is 2.64. The molecule has 0 heterocycles. The number of aliphatic carboxylic acids is 1. The third-order valence-electron chi connectivity index (χ3n) is 3.94. The van der Waals surface area contributed by atoms with Gasteiger partial charge in [0.1, 0.15) is 24.0 Å². The van der Waals surface area contributed by atoms with E-state index >= 15 is 0 Å². The van der Waals surface area contributed by atoms with Crippen molar-refractivity contribution in [2.75, 3.05) is 6.61 Å². The predicted octanol–water partition coefficient (Wildman–Crippen LogP) is 2.90. The van der Waals surface area contributed by atoms with Crippen molar-refractivity contribution in [1.82, 2.24) is 0 Å². The molecule has 0 unspecified atom stereocenters. The second-order valence-corrected chi connectivity index (χ2v) is 7.02. The number of nitriles is 1.